The Bertz CT molecular complexity index is 1940. The van der Waals surface area contributed by atoms with Crippen molar-refractivity contribution in [3.8, 4) is 16.8 Å². The van der Waals surface area contributed by atoms with E-state index < -0.39 is 14.2 Å². The van der Waals surface area contributed by atoms with Crippen LogP contribution in [-0.2, 0) is 11.0 Å². The Morgan fingerprint density at radius 1 is 0.979 bits per heavy atom. The first kappa shape index (κ1) is 32.9. The van der Waals surface area contributed by atoms with Crippen molar-refractivity contribution in [1.82, 2.24) is 19.1 Å². The lowest BCUT2D eigenvalue weighted by molar-refractivity contribution is 0.102. The summed E-state index contributed by atoms with van der Waals surface area (Å²) in [7, 11) is -1.79. The van der Waals surface area contributed by atoms with Crippen LogP contribution in [-0.4, -0.2) is 39.4 Å². The van der Waals surface area contributed by atoms with Gasteiger partial charge in [0.1, 0.15) is 22.7 Å². The van der Waals surface area contributed by atoms with Crippen molar-refractivity contribution in [3.05, 3.63) is 107 Å². The van der Waals surface area contributed by atoms with Crippen LogP contribution in [0.1, 0.15) is 56.8 Å². The van der Waals surface area contributed by atoms with Gasteiger partial charge in [-0.15, -0.1) is 0 Å². The van der Waals surface area contributed by atoms with Gasteiger partial charge in [0.2, 0.25) is 0 Å². The molecular formula is C37H42ClN5O3Si. The van der Waals surface area contributed by atoms with Crippen LogP contribution in [0.25, 0.3) is 27.8 Å². The number of halogens is 1. The summed E-state index contributed by atoms with van der Waals surface area (Å²) >= 11 is 6.66. The number of anilines is 1. The highest BCUT2D eigenvalue weighted by atomic mass is 35.5. The summed E-state index contributed by atoms with van der Waals surface area (Å²) in [5, 5.41) is 4.30. The monoisotopic (exact) mass is 667 g/mol. The van der Waals surface area contributed by atoms with Gasteiger partial charge < -0.3 is 14.3 Å². The molecule has 0 unspecified atom stereocenters. The van der Waals surface area contributed by atoms with Crippen LogP contribution in [0.4, 0.5) is 5.69 Å². The second-order valence-electron chi connectivity index (χ2n) is 14.0. The molecule has 1 N–H and O–H groups in total. The van der Waals surface area contributed by atoms with Crippen LogP contribution < -0.4 is 10.9 Å². The summed E-state index contributed by atoms with van der Waals surface area (Å²) in [5.74, 6) is 0.0546. The number of nitrogens with zero attached hydrogens (tertiary/aromatic N) is 4. The van der Waals surface area contributed by atoms with Gasteiger partial charge in [-0.05, 0) is 91.7 Å². The van der Waals surface area contributed by atoms with Crippen LogP contribution in [0.2, 0.25) is 23.3 Å². The molecule has 1 aliphatic rings. The fourth-order valence-corrected chi connectivity index (χ4v) is 7.79. The molecule has 0 atom stereocenters. The number of nitrogens with one attached hydrogen (secondary N) is 1. The highest BCUT2D eigenvalue weighted by Gasteiger charge is 2.40. The maximum absolute atomic E-state index is 13.1. The molecule has 3 aromatic heterocycles. The molecule has 0 aliphatic heterocycles. The smallest absolute Gasteiger partial charge is 0.267 e. The Morgan fingerprint density at radius 2 is 1.68 bits per heavy atom. The zero-order valence-electron chi connectivity index (χ0n) is 27.7. The number of amides is 1. The molecular weight excluding hydrogens is 626 g/mol. The summed E-state index contributed by atoms with van der Waals surface area (Å²) in [5.41, 5.74) is 3.64. The third-order valence-corrected chi connectivity index (χ3v) is 14.6. The maximum Gasteiger partial charge on any atom is 0.267 e. The minimum atomic E-state index is -1.79. The van der Waals surface area contributed by atoms with E-state index >= 15 is 0 Å². The van der Waals surface area contributed by atoms with Gasteiger partial charge in [-0.1, -0.05) is 62.7 Å². The zero-order chi connectivity index (χ0) is 33.3. The minimum Gasteiger partial charge on any atom is -0.414 e. The molecule has 3 heterocycles. The number of fused-ring (bicyclic) bond motifs is 1. The van der Waals surface area contributed by atoms with E-state index in [9.17, 15) is 9.59 Å². The minimum absolute atomic E-state index is 0.0630. The fourth-order valence-electron chi connectivity index (χ4n) is 6.14. The van der Waals surface area contributed by atoms with Crippen molar-refractivity contribution in [2.75, 3.05) is 5.32 Å². The standard InChI is InChI=1S/C37H42ClN5O3Si/c1-37(2,3)47(4,5)46-29-19-13-25(14-20-29)22-42-23-31(32-33(38)39-24-40-34(32)42)26-15-17-27(18-16-26)41-35(44)30-12-9-21-43(36(30)45)28-10-7-6-8-11-28/h6-12,15-18,21,23-25,29H,13-14,19-20,22H2,1-5H3,(H,41,44). The number of hydrogen-bond donors (Lipinski definition) is 1. The molecule has 0 spiro atoms. The van der Waals surface area contributed by atoms with E-state index in [0.29, 0.717) is 28.5 Å². The molecule has 47 heavy (non-hydrogen) atoms. The average molecular weight is 668 g/mol. The van der Waals surface area contributed by atoms with Crippen LogP contribution in [0, 0.1) is 5.92 Å². The second-order valence-corrected chi connectivity index (χ2v) is 19.2. The van der Waals surface area contributed by atoms with E-state index in [4.69, 9.17) is 16.0 Å². The van der Waals surface area contributed by atoms with Gasteiger partial charge in [-0.2, -0.15) is 0 Å². The molecule has 0 radical (unpaired) electrons. The Morgan fingerprint density at radius 3 is 2.36 bits per heavy atom. The first-order valence-corrected chi connectivity index (χ1v) is 19.6. The average Bonchev–Trinajstić information content (AvgIpc) is 3.41. The van der Waals surface area contributed by atoms with E-state index in [-0.39, 0.29) is 16.2 Å². The molecule has 0 bridgehead atoms. The van der Waals surface area contributed by atoms with Crippen molar-refractivity contribution < 1.29 is 9.22 Å². The van der Waals surface area contributed by atoms with Gasteiger partial charge in [-0.25, -0.2) is 9.97 Å². The van der Waals surface area contributed by atoms with E-state index in [2.05, 4.69) is 59.9 Å². The van der Waals surface area contributed by atoms with Gasteiger partial charge >= 0.3 is 0 Å². The molecule has 1 amide bonds. The molecule has 1 aliphatic carbocycles. The molecule has 1 saturated carbocycles. The first-order chi connectivity index (χ1) is 22.4. The highest BCUT2D eigenvalue weighted by molar-refractivity contribution is 6.74. The van der Waals surface area contributed by atoms with E-state index in [1.807, 2.05) is 54.6 Å². The molecule has 2 aromatic carbocycles. The number of pyridine rings is 1. The largest absolute Gasteiger partial charge is 0.414 e. The SMILES string of the molecule is CC(C)(C)[Si](C)(C)OC1CCC(Cn2cc(-c3ccc(NC(=O)c4cccn(-c5ccccc5)c4=O)cc3)c3c(Cl)ncnc32)CC1. The molecule has 244 valence electrons. The Labute approximate surface area is 281 Å². The number of hydrogen-bond acceptors (Lipinski definition) is 5. The Kier molecular flexibility index (Phi) is 9.24. The highest BCUT2D eigenvalue weighted by Crippen LogP contribution is 2.40. The number of para-hydroxylation sites is 1. The Hall–Kier alpha value is -4.05. The molecule has 8 nitrogen and oxygen atoms in total. The summed E-state index contributed by atoms with van der Waals surface area (Å²) in [6.07, 6.45) is 10.0. The van der Waals surface area contributed by atoms with E-state index in [1.165, 1.54) is 17.0 Å². The van der Waals surface area contributed by atoms with Crippen molar-refractivity contribution in [2.45, 2.75) is 77.2 Å². The summed E-state index contributed by atoms with van der Waals surface area (Å²) in [6.45, 7) is 12.4. The predicted molar refractivity (Wildman–Crippen MR) is 192 cm³/mol. The second kappa shape index (κ2) is 13.2. The van der Waals surface area contributed by atoms with E-state index in [0.717, 1.165) is 54.4 Å². The van der Waals surface area contributed by atoms with Crippen molar-refractivity contribution in [3.63, 3.8) is 0 Å². The van der Waals surface area contributed by atoms with Crippen molar-refractivity contribution >= 4 is 42.5 Å². The van der Waals surface area contributed by atoms with E-state index in [1.54, 1.807) is 12.3 Å². The van der Waals surface area contributed by atoms with Crippen LogP contribution in [0.3, 0.4) is 0 Å². The molecule has 5 aromatic rings. The third-order valence-electron chi connectivity index (χ3n) is 9.80. The predicted octanol–water partition coefficient (Wildman–Crippen LogP) is 8.74. The van der Waals surface area contributed by atoms with Gasteiger partial charge in [-0.3, -0.25) is 14.2 Å². The third kappa shape index (κ3) is 6.98. The lowest BCUT2D eigenvalue weighted by atomic mass is 9.87. The van der Waals surface area contributed by atoms with Crippen molar-refractivity contribution in [1.29, 1.82) is 0 Å². The first-order valence-electron chi connectivity index (χ1n) is 16.3. The molecule has 1 fully saturated rings. The summed E-state index contributed by atoms with van der Waals surface area (Å²) in [6, 6.07) is 20.0. The van der Waals surface area contributed by atoms with Crippen molar-refractivity contribution in [2.24, 2.45) is 5.92 Å². The quantitative estimate of drug-likeness (QED) is 0.132. The molecule has 0 saturated heterocycles. The summed E-state index contributed by atoms with van der Waals surface area (Å²) < 4.78 is 10.4. The number of rotatable bonds is 8. The zero-order valence-corrected chi connectivity index (χ0v) is 29.4. The van der Waals surface area contributed by atoms with Gasteiger partial charge in [0, 0.05) is 42.0 Å². The van der Waals surface area contributed by atoms with Crippen LogP contribution >= 0.6 is 11.6 Å². The maximum atomic E-state index is 13.1. The number of aromatic nitrogens is 4. The topological polar surface area (TPSA) is 91.0 Å². The summed E-state index contributed by atoms with van der Waals surface area (Å²) in [4.78, 5) is 35.2. The number of carbonyl (C=O) groups is 1. The lowest BCUT2D eigenvalue weighted by Gasteiger charge is -2.41. The fraction of sp³-hybridized carbons (Fsp3) is 0.351. The van der Waals surface area contributed by atoms with Gasteiger partial charge in [0.15, 0.2) is 8.32 Å². The normalized spacial score (nSPS) is 17.1. The van der Waals surface area contributed by atoms with Crippen LogP contribution in [0.5, 0.6) is 0 Å². The van der Waals surface area contributed by atoms with Gasteiger partial charge in [0.25, 0.3) is 11.5 Å². The Balaban J connectivity index is 1.17. The lowest BCUT2D eigenvalue weighted by Crippen LogP contribution is -2.44. The van der Waals surface area contributed by atoms with Gasteiger partial charge in [0.05, 0.1) is 5.39 Å². The molecule has 6 rings (SSSR count). The molecule has 10 heteroatoms. The number of carbonyl (C=O) groups excluding carboxylic acids is 1. The van der Waals surface area contributed by atoms with Crippen LogP contribution in [0.15, 0.2) is 90.2 Å². The number of benzene rings is 2.